The first-order valence-electron chi connectivity index (χ1n) is 6.33. The minimum atomic E-state index is -4.27. The van der Waals surface area contributed by atoms with Gasteiger partial charge in [-0.05, 0) is 43.4 Å². The monoisotopic (exact) mass is 291 g/mol. The van der Waals surface area contributed by atoms with Gasteiger partial charge in [0.2, 0.25) is 0 Å². The Hall–Kier alpha value is -0.840. The van der Waals surface area contributed by atoms with E-state index in [0.29, 0.717) is 0 Å². The molecule has 0 aliphatic carbocycles. The van der Waals surface area contributed by atoms with Crippen molar-refractivity contribution in [3.63, 3.8) is 0 Å². The number of anilines is 1. The second kappa shape index (κ2) is 6.55. The summed E-state index contributed by atoms with van der Waals surface area (Å²) in [7, 11) is 0. The molecule has 1 nitrogen and oxygen atoms in total. The van der Waals surface area contributed by atoms with Gasteiger partial charge in [0.25, 0.3) is 0 Å². The predicted molar refractivity (Wildman–Crippen MR) is 76.8 cm³/mol. The molecule has 0 bridgehead atoms. The molecule has 1 aromatic rings. The number of nitrogens with one attached hydrogen (secondary N) is 1. The molecule has 0 saturated heterocycles. The largest absolute Gasteiger partial charge is 0.416 e. The molecule has 19 heavy (non-hydrogen) atoms. The number of hydrogen-bond acceptors (Lipinski definition) is 2. The fraction of sp³-hybridized carbons (Fsp3) is 0.571. The summed E-state index contributed by atoms with van der Waals surface area (Å²) in [5, 5.41) is 3.23. The average Bonchev–Trinajstić information content (AvgIpc) is 2.40. The molecule has 1 rings (SSSR count). The highest BCUT2D eigenvalue weighted by molar-refractivity contribution is 8.00. The van der Waals surface area contributed by atoms with Gasteiger partial charge in [-0.15, -0.1) is 0 Å². The lowest BCUT2D eigenvalue weighted by atomic mass is 10.0. The lowest BCUT2D eigenvalue weighted by Gasteiger charge is -2.30. The SMILES string of the molecule is CCC(CC)(CNc1ccc(C(F)(F)F)cc1)SC. The smallest absolute Gasteiger partial charge is 0.384 e. The van der Waals surface area contributed by atoms with Crippen molar-refractivity contribution in [3.05, 3.63) is 29.8 Å². The first-order chi connectivity index (χ1) is 8.87. The number of hydrogen-bond donors (Lipinski definition) is 1. The van der Waals surface area contributed by atoms with Gasteiger partial charge in [-0.3, -0.25) is 0 Å². The number of benzene rings is 1. The maximum atomic E-state index is 12.4. The Morgan fingerprint density at radius 3 is 1.95 bits per heavy atom. The molecule has 108 valence electrons. The topological polar surface area (TPSA) is 12.0 Å². The fourth-order valence-electron chi connectivity index (χ4n) is 1.90. The maximum absolute atomic E-state index is 12.4. The van der Waals surface area contributed by atoms with Crippen LogP contribution in [0.3, 0.4) is 0 Å². The van der Waals surface area contributed by atoms with E-state index < -0.39 is 11.7 Å². The Morgan fingerprint density at radius 2 is 1.58 bits per heavy atom. The van der Waals surface area contributed by atoms with E-state index in [-0.39, 0.29) is 4.75 Å². The second-order valence-corrected chi connectivity index (χ2v) is 5.80. The summed E-state index contributed by atoms with van der Waals surface area (Å²) in [5.41, 5.74) is 0.119. The summed E-state index contributed by atoms with van der Waals surface area (Å²) in [6, 6.07) is 5.19. The molecule has 0 radical (unpaired) electrons. The van der Waals surface area contributed by atoms with Crippen LogP contribution in [0.25, 0.3) is 0 Å². The Bertz CT molecular complexity index is 374. The lowest BCUT2D eigenvalue weighted by molar-refractivity contribution is -0.137. The minimum Gasteiger partial charge on any atom is -0.384 e. The molecule has 1 N–H and O–H groups in total. The predicted octanol–water partition coefficient (Wildman–Crippen LogP) is 5.04. The van der Waals surface area contributed by atoms with Gasteiger partial charge in [0, 0.05) is 17.0 Å². The van der Waals surface area contributed by atoms with E-state index in [1.54, 1.807) is 11.8 Å². The molecule has 1 aromatic carbocycles. The van der Waals surface area contributed by atoms with Gasteiger partial charge in [0.1, 0.15) is 0 Å². The minimum absolute atomic E-state index is 0.142. The van der Waals surface area contributed by atoms with Crippen molar-refractivity contribution in [2.24, 2.45) is 0 Å². The number of alkyl halides is 3. The molecule has 5 heteroatoms. The van der Waals surface area contributed by atoms with Gasteiger partial charge in [-0.1, -0.05) is 13.8 Å². The summed E-state index contributed by atoms with van der Waals surface area (Å²) in [4.78, 5) is 0. The molecular weight excluding hydrogens is 271 g/mol. The summed E-state index contributed by atoms with van der Waals surface area (Å²) in [6.45, 7) is 5.02. The summed E-state index contributed by atoms with van der Waals surface area (Å²) in [6.07, 6.45) is -0.146. The lowest BCUT2D eigenvalue weighted by Crippen LogP contribution is -2.31. The van der Waals surface area contributed by atoms with E-state index in [9.17, 15) is 13.2 Å². The average molecular weight is 291 g/mol. The van der Waals surface area contributed by atoms with Crippen LogP contribution in [-0.4, -0.2) is 17.5 Å². The van der Waals surface area contributed by atoms with Crippen molar-refractivity contribution >= 4 is 17.4 Å². The van der Waals surface area contributed by atoms with E-state index in [4.69, 9.17) is 0 Å². The molecule has 0 unspecified atom stereocenters. The van der Waals surface area contributed by atoms with Crippen LogP contribution >= 0.6 is 11.8 Å². The van der Waals surface area contributed by atoms with Crippen LogP contribution in [0.5, 0.6) is 0 Å². The zero-order chi connectivity index (χ0) is 14.5. The summed E-state index contributed by atoms with van der Waals surface area (Å²) < 4.78 is 37.4. The van der Waals surface area contributed by atoms with Gasteiger partial charge in [0.05, 0.1) is 5.56 Å². The fourth-order valence-corrected chi connectivity index (χ4v) is 2.69. The Labute approximate surface area is 117 Å². The first kappa shape index (κ1) is 16.2. The third kappa shape index (κ3) is 4.34. The number of rotatable bonds is 6. The van der Waals surface area contributed by atoms with Crippen LogP contribution in [0, 0.1) is 0 Å². The van der Waals surface area contributed by atoms with Crippen LogP contribution in [0.4, 0.5) is 18.9 Å². The summed E-state index contributed by atoms with van der Waals surface area (Å²) in [5.74, 6) is 0. The first-order valence-corrected chi connectivity index (χ1v) is 7.55. The third-order valence-electron chi connectivity index (χ3n) is 3.55. The maximum Gasteiger partial charge on any atom is 0.416 e. The van der Waals surface area contributed by atoms with E-state index in [1.807, 2.05) is 0 Å². The third-order valence-corrected chi connectivity index (χ3v) is 5.14. The van der Waals surface area contributed by atoms with Crippen molar-refractivity contribution in [2.45, 2.75) is 37.6 Å². The van der Waals surface area contributed by atoms with E-state index in [2.05, 4.69) is 25.4 Å². The summed E-state index contributed by atoms with van der Waals surface area (Å²) >= 11 is 1.80. The normalized spacial score (nSPS) is 12.5. The zero-order valence-electron chi connectivity index (χ0n) is 11.5. The standard InChI is InChI=1S/C14H20F3NS/c1-4-13(5-2,19-3)10-18-12-8-6-11(7-9-12)14(15,16)17/h6-9,18H,4-5,10H2,1-3H3. The molecule has 0 saturated carbocycles. The van der Waals surface area contributed by atoms with Gasteiger partial charge < -0.3 is 5.32 Å². The van der Waals surface area contributed by atoms with Crippen molar-refractivity contribution in [3.8, 4) is 0 Å². The van der Waals surface area contributed by atoms with Crippen molar-refractivity contribution in [1.82, 2.24) is 0 Å². The molecule has 0 aromatic heterocycles. The van der Waals surface area contributed by atoms with Gasteiger partial charge >= 0.3 is 6.18 Å². The molecule has 0 amide bonds. The second-order valence-electron chi connectivity index (χ2n) is 4.52. The quantitative estimate of drug-likeness (QED) is 0.788. The van der Waals surface area contributed by atoms with E-state index in [0.717, 1.165) is 37.2 Å². The highest BCUT2D eigenvalue weighted by Crippen LogP contribution is 2.32. The van der Waals surface area contributed by atoms with Crippen molar-refractivity contribution in [1.29, 1.82) is 0 Å². The number of halogens is 3. The molecule has 0 heterocycles. The van der Waals surface area contributed by atoms with Crippen molar-refractivity contribution < 1.29 is 13.2 Å². The Balaban J connectivity index is 2.69. The molecule has 0 atom stereocenters. The molecular formula is C14H20F3NS. The molecule has 0 fully saturated rings. The highest BCUT2D eigenvalue weighted by Gasteiger charge is 2.30. The van der Waals surface area contributed by atoms with Crippen LogP contribution in [0.2, 0.25) is 0 Å². The van der Waals surface area contributed by atoms with Crippen LogP contribution in [-0.2, 0) is 6.18 Å². The van der Waals surface area contributed by atoms with Crippen LogP contribution < -0.4 is 5.32 Å². The zero-order valence-corrected chi connectivity index (χ0v) is 12.3. The van der Waals surface area contributed by atoms with Gasteiger partial charge in [-0.25, -0.2) is 0 Å². The highest BCUT2D eigenvalue weighted by atomic mass is 32.2. The van der Waals surface area contributed by atoms with Gasteiger partial charge in [0.15, 0.2) is 0 Å². The Kier molecular flexibility index (Phi) is 5.59. The molecule has 0 aliphatic heterocycles. The number of thioether (sulfide) groups is 1. The van der Waals surface area contributed by atoms with E-state index >= 15 is 0 Å². The Morgan fingerprint density at radius 1 is 1.05 bits per heavy atom. The molecule has 0 aliphatic rings. The van der Waals surface area contributed by atoms with Gasteiger partial charge in [-0.2, -0.15) is 24.9 Å². The van der Waals surface area contributed by atoms with Crippen LogP contribution in [0.15, 0.2) is 24.3 Å². The van der Waals surface area contributed by atoms with Crippen LogP contribution in [0.1, 0.15) is 32.3 Å². The van der Waals surface area contributed by atoms with E-state index in [1.165, 1.54) is 12.1 Å². The molecule has 0 spiro atoms. The van der Waals surface area contributed by atoms with Crippen molar-refractivity contribution in [2.75, 3.05) is 18.1 Å².